The fourth-order valence-corrected chi connectivity index (χ4v) is 4.52. The number of nitriles is 1. The molecular formula is C28H23N3O2S. The summed E-state index contributed by atoms with van der Waals surface area (Å²) in [7, 11) is 0. The number of aromatic hydroxyl groups is 1. The molecule has 0 atom stereocenters. The van der Waals surface area contributed by atoms with Crippen molar-refractivity contribution in [3.8, 4) is 23.1 Å². The number of rotatable bonds is 5. The number of amides is 1. The molecule has 0 saturated carbocycles. The van der Waals surface area contributed by atoms with E-state index in [1.807, 2.05) is 75.4 Å². The van der Waals surface area contributed by atoms with E-state index >= 15 is 0 Å². The Bertz CT molecular complexity index is 1410. The molecule has 0 spiro atoms. The number of aryl methyl sites for hydroxylation is 3. The SMILES string of the molecule is Cc1ccc(C(=O)Nc2sc(C(C#N)=Cc3cc(C)c(O)c(C)c3)nc2-c2ccccc2)cc1. The van der Waals surface area contributed by atoms with E-state index in [0.717, 1.165) is 27.8 Å². The summed E-state index contributed by atoms with van der Waals surface area (Å²) in [6.07, 6.45) is 1.75. The van der Waals surface area contributed by atoms with Crippen LogP contribution >= 0.6 is 11.3 Å². The van der Waals surface area contributed by atoms with Gasteiger partial charge >= 0.3 is 0 Å². The van der Waals surface area contributed by atoms with Crippen molar-refractivity contribution in [2.45, 2.75) is 20.8 Å². The van der Waals surface area contributed by atoms with Crippen LogP contribution in [0.15, 0.2) is 66.7 Å². The monoisotopic (exact) mass is 465 g/mol. The van der Waals surface area contributed by atoms with Gasteiger partial charge in [0.2, 0.25) is 0 Å². The van der Waals surface area contributed by atoms with Gasteiger partial charge in [0.05, 0.1) is 5.57 Å². The summed E-state index contributed by atoms with van der Waals surface area (Å²) in [5.74, 6) is 0.0111. The number of benzene rings is 3. The number of hydrogen-bond donors (Lipinski definition) is 2. The lowest BCUT2D eigenvalue weighted by Crippen LogP contribution is -2.11. The second kappa shape index (κ2) is 9.74. The summed E-state index contributed by atoms with van der Waals surface area (Å²) in [5, 5.41) is 24.0. The van der Waals surface area contributed by atoms with Crippen LogP contribution in [0.1, 0.15) is 37.6 Å². The topological polar surface area (TPSA) is 86.0 Å². The minimum Gasteiger partial charge on any atom is -0.507 e. The fourth-order valence-electron chi connectivity index (χ4n) is 3.57. The zero-order chi connectivity index (χ0) is 24.2. The molecule has 6 heteroatoms. The number of thiazole rings is 1. The molecule has 4 rings (SSSR count). The van der Waals surface area contributed by atoms with Crippen molar-refractivity contribution < 1.29 is 9.90 Å². The first kappa shape index (κ1) is 23.0. The Labute approximate surface area is 202 Å². The third kappa shape index (κ3) is 4.90. The van der Waals surface area contributed by atoms with Gasteiger partial charge < -0.3 is 10.4 Å². The number of nitrogens with one attached hydrogen (secondary N) is 1. The Morgan fingerprint density at radius 3 is 2.29 bits per heavy atom. The number of aromatic nitrogens is 1. The minimum atomic E-state index is -0.236. The minimum absolute atomic E-state index is 0.236. The van der Waals surface area contributed by atoms with Crippen molar-refractivity contribution in [2.24, 2.45) is 0 Å². The summed E-state index contributed by atoms with van der Waals surface area (Å²) in [5.41, 5.74) is 5.72. The molecule has 0 bridgehead atoms. The lowest BCUT2D eigenvalue weighted by molar-refractivity contribution is 0.102. The van der Waals surface area contributed by atoms with Crippen LogP contribution in [-0.2, 0) is 0 Å². The zero-order valence-electron chi connectivity index (χ0n) is 19.1. The molecule has 168 valence electrons. The maximum atomic E-state index is 12.9. The average molecular weight is 466 g/mol. The average Bonchev–Trinajstić information content (AvgIpc) is 3.25. The predicted octanol–water partition coefficient (Wildman–Crippen LogP) is 6.76. The third-order valence-corrected chi connectivity index (χ3v) is 6.39. The molecule has 0 aliphatic heterocycles. The maximum Gasteiger partial charge on any atom is 0.256 e. The first-order valence-electron chi connectivity index (χ1n) is 10.7. The second-order valence-electron chi connectivity index (χ2n) is 8.06. The van der Waals surface area contributed by atoms with E-state index in [1.54, 1.807) is 18.2 Å². The van der Waals surface area contributed by atoms with E-state index < -0.39 is 0 Å². The number of phenols is 1. The van der Waals surface area contributed by atoms with Gasteiger partial charge in [0.15, 0.2) is 0 Å². The van der Waals surface area contributed by atoms with Crippen molar-refractivity contribution in [2.75, 3.05) is 5.32 Å². The molecule has 3 aromatic carbocycles. The fraction of sp³-hybridized carbons (Fsp3) is 0.107. The Balaban J connectivity index is 1.76. The summed E-state index contributed by atoms with van der Waals surface area (Å²) < 4.78 is 0. The maximum absolute atomic E-state index is 12.9. The number of hydrogen-bond acceptors (Lipinski definition) is 5. The first-order chi connectivity index (χ1) is 16.4. The quantitative estimate of drug-likeness (QED) is 0.319. The molecule has 34 heavy (non-hydrogen) atoms. The van der Waals surface area contributed by atoms with E-state index in [1.165, 1.54) is 11.3 Å². The lowest BCUT2D eigenvalue weighted by Gasteiger charge is -2.05. The van der Waals surface area contributed by atoms with E-state index in [0.29, 0.717) is 26.8 Å². The molecule has 0 saturated heterocycles. The standard InChI is InChI=1S/C28H23N3O2S/c1-17-9-11-22(12-10-17)26(33)31-28-24(21-7-5-4-6-8-21)30-27(34-28)23(16-29)15-20-13-18(2)25(32)19(3)14-20/h4-15,32H,1-3H3,(H,31,33). The lowest BCUT2D eigenvalue weighted by atomic mass is 10.0. The molecule has 0 aliphatic carbocycles. The normalized spacial score (nSPS) is 11.2. The molecule has 2 N–H and O–H groups in total. The van der Waals surface area contributed by atoms with Crippen LogP contribution in [0.25, 0.3) is 22.9 Å². The third-order valence-electron chi connectivity index (χ3n) is 5.39. The van der Waals surface area contributed by atoms with Gasteiger partial charge in [0.25, 0.3) is 5.91 Å². The van der Waals surface area contributed by atoms with Gasteiger partial charge in [-0.1, -0.05) is 59.4 Å². The van der Waals surface area contributed by atoms with Crippen molar-refractivity contribution in [3.63, 3.8) is 0 Å². The van der Waals surface area contributed by atoms with Crippen molar-refractivity contribution in [1.29, 1.82) is 5.26 Å². The van der Waals surface area contributed by atoms with E-state index in [9.17, 15) is 15.2 Å². The van der Waals surface area contributed by atoms with Gasteiger partial charge in [0.1, 0.15) is 27.5 Å². The van der Waals surface area contributed by atoms with Crippen molar-refractivity contribution >= 4 is 33.9 Å². The van der Waals surface area contributed by atoms with Gasteiger partial charge in [-0.3, -0.25) is 4.79 Å². The number of allylic oxidation sites excluding steroid dienone is 1. The molecule has 0 unspecified atom stereocenters. The molecule has 0 radical (unpaired) electrons. The first-order valence-corrected chi connectivity index (χ1v) is 11.5. The van der Waals surface area contributed by atoms with Crippen LogP contribution in [0.5, 0.6) is 5.75 Å². The van der Waals surface area contributed by atoms with Crippen LogP contribution in [0.3, 0.4) is 0 Å². The molecule has 0 aliphatic rings. The van der Waals surface area contributed by atoms with Gasteiger partial charge in [-0.25, -0.2) is 4.98 Å². The molecule has 0 fully saturated rings. The number of carbonyl (C=O) groups is 1. The largest absolute Gasteiger partial charge is 0.507 e. The Morgan fingerprint density at radius 2 is 1.68 bits per heavy atom. The zero-order valence-corrected chi connectivity index (χ0v) is 19.9. The molecule has 4 aromatic rings. The Morgan fingerprint density at radius 1 is 1.03 bits per heavy atom. The van der Waals surface area contributed by atoms with Crippen LogP contribution in [0.2, 0.25) is 0 Å². The highest BCUT2D eigenvalue weighted by Gasteiger charge is 2.19. The summed E-state index contributed by atoms with van der Waals surface area (Å²) >= 11 is 1.26. The van der Waals surface area contributed by atoms with E-state index in [4.69, 9.17) is 4.98 Å². The van der Waals surface area contributed by atoms with Crippen molar-refractivity contribution in [1.82, 2.24) is 4.98 Å². The molecule has 1 heterocycles. The van der Waals surface area contributed by atoms with E-state index in [-0.39, 0.29) is 11.7 Å². The van der Waals surface area contributed by atoms with E-state index in [2.05, 4.69) is 11.4 Å². The molecular weight excluding hydrogens is 442 g/mol. The molecule has 1 aromatic heterocycles. The number of nitrogens with zero attached hydrogens (tertiary/aromatic N) is 2. The Kier molecular flexibility index (Phi) is 6.58. The van der Waals surface area contributed by atoms with Crippen LogP contribution in [0, 0.1) is 32.1 Å². The second-order valence-corrected chi connectivity index (χ2v) is 9.06. The highest BCUT2D eigenvalue weighted by atomic mass is 32.1. The number of carbonyl (C=O) groups excluding carboxylic acids is 1. The van der Waals surface area contributed by atoms with Gasteiger partial charge in [0, 0.05) is 11.1 Å². The molecule has 1 amide bonds. The highest BCUT2D eigenvalue weighted by Crippen LogP contribution is 2.37. The smallest absolute Gasteiger partial charge is 0.256 e. The Hall–Kier alpha value is -4.21. The number of anilines is 1. The van der Waals surface area contributed by atoms with Gasteiger partial charge in [-0.2, -0.15) is 5.26 Å². The van der Waals surface area contributed by atoms with Crippen LogP contribution < -0.4 is 5.32 Å². The molecule has 5 nitrogen and oxygen atoms in total. The summed E-state index contributed by atoms with van der Waals surface area (Å²) in [4.78, 5) is 17.7. The number of phenolic OH excluding ortho intramolecular Hbond substituents is 1. The van der Waals surface area contributed by atoms with Crippen LogP contribution in [-0.4, -0.2) is 16.0 Å². The van der Waals surface area contributed by atoms with Gasteiger partial charge in [-0.15, -0.1) is 0 Å². The van der Waals surface area contributed by atoms with Gasteiger partial charge in [-0.05, 0) is 67.8 Å². The summed E-state index contributed by atoms with van der Waals surface area (Å²) in [6, 6.07) is 22.8. The predicted molar refractivity (Wildman–Crippen MR) is 138 cm³/mol. The van der Waals surface area contributed by atoms with Crippen LogP contribution in [0.4, 0.5) is 5.00 Å². The van der Waals surface area contributed by atoms with Crippen molar-refractivity contribution in [3.05, 3.63) is 99.6 Å². The highest BCUT2D eigenvalue weighted by molar-refractivity contribution is 7.17. The summed E-state index contributed by atoms with van der Waals surface area (Å²) in [6.45, 7) is 5.61.